The first-order chi connectivity index (χ1) is 9.10. The van der Waals surface area contributed by atoms with E-state index in [0.29, 0.717) is 22.4 Å². The molecule has 0 aliphatic rings. The summed E-state index contributed by atoms with van der Waals surface area (Å²) in [4.78, 5) is 0. The molecule has 0 saturated carbocycles. The Hall–Kier alpha value is -1.59. The van der Waals surface area contributed by atoms with Gasteiger partial charge in [-0.3, -0.25) is 0 Å². The van der Waals surface area contributed by atoms with Crippen molar-refractivity contribution in [3.63, 3.8) is 0 Å². The molecule has 100 valence electrons. The number of nitrogens with two attached hydrogens (primary N) is 1. The van der Waals surface area contributed by atoms with Gasteiger partial charge < -0.3 is 16.2 Å². The topological polar surface area (TPSA) is 58.3 Å². The Balaban J connectivity index is 2.12. The Morgan fingerprint density at radius 2 is 1.95 bits per heavy atom. The predicted molar refractivity (Wildman–Crippen MR) is 78.2 cm³/mol. The van der Waals surface area contributed by atoms with Gasteiger partial charge in [0.05, 0.1) is 22.5 Å². The van der Waals surface area contributed by atoms with Crippen LogP contribution in [-0.4, -0.2) is 5.11 Å². The minimum absolute atomic E-state index is 0.00287. The Kier molecular flexibility index (Phi) is 4.39. The van der Waals surface area contributed by atoms with E-state index in [1.807, 2.05) is 24.3 Å². The van der Waals surface area contributed by atoms with Crippen molar-refractivity contribution >= 4 is 27.3 Å². The van der Waals surface area contributed by atoms with Crippen LogP contribution in [0.1, 0.15) is 11.1 Å². The van der Waals surface area contributed by atoms with Crippen LogP contribution < -0.4 is 11.1 Å². The van der Waals surface area contributed by atoms with E-state index in [1.165, 1.54) is 12.1 Å². The molecule has 0 amide bonds. The summed E-state index contributed by atoms with van der Waals surface area (Å²) in [5.74, 6) is -0.360. The zero-order chi connectivity index (χ0) is 13.8. The Labute approximate surface area is 119 Å². The van der Waals surface area contributed by atoms with Crippen LogP contribution in [0, 0.1) is 5.82 Å². The van der Waals surface area contributed by atoms with Gasteiger partial charge in [0.15, 0.2) is 0 Å². The quantitative estimate of drug-likeness (QED) is 0.756. The number of rotatable bonds is 4. The van der Waals surface area contributed by atoms with E-state index < -0.39 is 0 Å². The first-order valence-electron chi connectivity index (χ1n) is 5.77. The van der Waals surface area contributed by atoms with Crippen molar-refractivity contribution in [2.45, 2.75) is 13.2 Å². The number of hydrogen-bond donors (Lipinski definition) is 3. The number of aliphatic hydroxyl groups is 1. The average Bonchev–Trinajstić information content (AvgIpc) is 2.41. The predicted octanol–water partition coefficient (Wildman–Crippen LogP) is 3.27. The summed E-state index contributed by atoms with van der Waals surface area (Å²) in [5.41, 5.74) is 8.68. The van der Waals surface area contributed by atoms with Crippen LogP contribution in [-0.2, 0) is 13.2 Å². The third-order valence-electron chi connectivity index (χ3n) is 2.75. The van der Waals surface area contributed by atoms with Gasteiger partial charge in [-0.25, -0.2) is 4.39 Å². The molecule has 0 heterocycles. The van der Waals surface area contributed by atoms with Crippen LogP contribution in [0.15, 0.2) is 40.9 Å². The Morgan fingerprint density at radius 3 is 2.68 bits per heavy atom. The lowest BCUT2D eigenvalue weighted by atomic mass is 10.1. The number of anilines is 2. The van der Waals surface area contributed by atoms with Crippen LogP contribution in [0.5, 0.6) is 0 Å². The van der Waals surface area contributed by atoms with E-state index in [9.17, 15) is 4.39 Å². The zero-order valence-electron chi connectivity index (χ0n) is 10.2. The molecule has 0 aliphatic carbocycles. The maximum absolute atomic E-state index is 13.4. The van der Waals surface area contributed by atoms with Gasteiger partial charge in [-0.1, -0.05) is 24.3 Å². The Morgan fingerprint density at radius 1 is 1.21 bits per heavy atom. The minimum atomic E-state index is -0.360. The number of nitrogen functional groups attached to an aromatic ring is 1. The third kappa shape index (κ3) is 3.45. The molecule has 4 N–H and O–H groups in total. The van der Waals surface area contributed by atoms with Crippen LogP contribution >= 0.6 is 15.9 Å². The molecule has 19 heavy (non-hydrogen) atoms. The second-order valence-electron chi connectivity index (χ2n) is 4.19. The fourth-order valence-electron chi connectivity index (χ4n) is 1.75. The van der Waals surface area contributed by atoms with Gasteiger partial charge in [-0.2, -0.15) is 0 Å². The van der Waals surface area contributed by atoms with E-state index in [-0.39, 0.29) is 12.4 Å². The molecule has 5 heteroatoms. The van der Waals surface area contributed by atoms with Crippen molar-refractivity contribution in [1.29, 1.82) is 0 Å². The maximum atomic E-state index is 13.4. The molecule has 0 fully saturated rings. The van der Waals surface area contributed by atoms with Gasteiger partial charge in [0.2, 0.25) is 0 Å². The molecule has 0 aromatic heterocycles. The first-order valence-corrected chi connectivity index (χ1v) is 6.56. The lowest BCUT2D eigenvalue weighted by molar-refractivity contribution is 0.281. The van der Waals surface area contributed by atoms with Gasteiger partial charge >= 0.3 is 0 Å². The second-order valence-corrected chi connectivity index (χ2v) is 5.04. The summed E-state index contributed by atoms with van der Waals surface area (Å²) in [6.07, 6.45) is 0. The summed E-state index contributed by atoms with van der Waals surface area (Å²) < 4.78 is 13.8. The highest BCUT2D eigenvalue weighted by Gasteiger charge is 2.05. The molecule has 2 aromatic rings. The largest absolute Gasteiger partial charge is 0.397 e. The van der Waals surface area contributed by atoms with Crippen LogP contribution in [0.2, 0.25) is 0 Å². The molecular formula is C14H14BrFN2O. The smallest absolute Gasteiger partial charge is 0.139 e. The number of nitrogens with one attached hydrogen (secondary N) is 1. The molecule has 0 aliphatic heterocycles. The summed E-state index contributed by atoms with van der Waals surface area (Å²) >= 11 is 3.08. The molecular weight excluding hydrogens is 311 g/mol. The first kappa shape index (κ1) is 13.8. The monoisotopic (exact) mass is 324 g/mol. The lowest BCUT2D eigenvalue weighted by Crippen LogP contribution is -2.03. The van der Waals surface area contributed by atoms with Crippen molar-refractivity contribution in [2.75, 3.05) is 11.1 Å². The normalized spacial score (nSPS) is 10.5. The van der Waals surface area contributed by atoms with Crippen LogP contribution in [0.4, 0.5) is 15.8 Å². The lowest BCUT2D eigenvalue weighted by Gasteiger charge is -2.11. The number of aliphatic hydroxyl groups excluding tert-OH is 1. The summed E-state index contributed by atoms with van der Waals surface area (Å²) in [6.45, 7) is 0.516. The van der Waals surface area contributed by atoms with Crippen molar-refractivity contribution < 1.29 is 9.50 Å². The van der Waals surface area contributed by atoms with Crippen LogP contribution in [0.25, 0.3) is 0 Å². The Bertz CT molecular complexity index is 590. The van der Waals surface area contributed by atoms with Gasteiger partial charge in [0, 0.05) is 12.6 Å². The van der Waals surface area contributed by atoms with Crippen molar-refractivity contribution in [3.8, 4) is 0 Å². The molecule has 3 nitrogen and oxygen atoms in total. The summed E-state index contributed by atoms with van der Waals surface area (Å²) in [5, 5.41) is 12.1. The highest BCUT2D eigenvalue weighted by molar-refractivity contribution is 9.10. The van der Waals surface area contributed by atoms with Crippen molar-refractivity contribution in [3.05, 3.63) is 57.8 Å². The fraction of sp³-hybridized carbons (Fsp3) is 0.143. The summed E-state index contributed by atoms with van der Waals surface area (Å²) in [7, 11) is 0. The number of halogens is 2. The molecule has 0 bridgehead atoms. The second kappa shape index (κ2) is 6.04. The zero-order valence-corrected chi connectivity index (χ0v) is 11.7. The summed E-state index contributed by atoms with van der Waals surface area (Å²) in [6, 6.07) is 10.4. The average molecular weight is 325 g/mol. The van der Waals surface area contributed by atoms with Gasteiger partial charge in [0.25, 0.3) is 0 Å². The van der Waals surface area contributed by atoms with E-state index in [4.69, 9.17) is 10.8 Å². The molecule has 0 spiro atoms. The molecule has 0 saturated heterocycles. The molecule has 0 unspecified atom stereocenters. The number of benzene rings is 2. The maximum Gasteiger partial charge on any atom is 0.139 e. The van der Waals surface area contributed by atoms with E-state index in [0.717, 1.165) is 11.1 Å². The molecule has 2 aromatic carbocycles. The highest BCUT2D eigenvalue weighted by atomic mass is 79.9. The van der Waals surface area contributed by atoms with Gasteiger partial charge in [0.1, 0.15) is 5.82 Å². The van der Waals surface area contributed by atoms with E-state index in [2.05, 4.69) is 21.2 Å². The van der Waals surface area contributed by atoms with Gasteiger partial charge in [-0.15, -0.1) is 0 Å². The van der Waals surface area contributed by atoms with Crippen molar-refractivity contribution in [1.82, 2.24) is 0 Å². The molecule has 0 atom stereocenters. The van der Waals surface area contributed by atoms with Crippen LogP contribution in [0.3, 0.4) is 0 Å². The standard InChI is InChI=1S/C14H14BrFN2O/c15-11-5-13(17)14(6-12(11)16)18-7-9-2-1-3-10(4-9)8-19/h1-6,18-19H,7-8,17H2. The van der Waals surface area contributed by atoms with Gasteiger partial charge in [-0.05, 0) is 33.1 Å². The fourth-order valence-corrected chi connectivity index (χ4v) is 2.11. The number of hydrogen-bond acceptors (Lipinski definition) is 3. The highest BCUT2D eigenvalue weighted by Crippen LogP contribution is 2.26. The molecule has 2 rings (SSSR count). The SMILES string of the molecule is Nc1cc(Br)c(F)cc1NCc1cccc(CO)c1. The third-order valence-corrected chi connectivity index (χ3v) is 3.36. The van der Waals surface area contributed by atoms with Crippen molar-refractivity contribution in [2.24, 2.45) is 0 Å². The van der Waals surface area contributed by atoms with E-state index in [1.54, 1.807) is 0 Å². The van der Waals surface area contributed by atoms with E-state index >= 15 is 0 Å². The minimum Gasteiger partial charge on any atom is -0.397 e. The molecule has 0 radical (unpaired) electrons.